The van der Waals surface area contributed by atoms with E-state index in [1.54, 1.807) is 20.8 Å². The van der Waals surface area contributed by atoms with Gasteiger partial charge in [-0.15, -0.1) is 0 Å². The van der Waals surface area contributed by atoms with Crippen LogP contribution in [0, 0.1) is 11.8 Å². The molecule has 1 spiro atoms. The van der Waals surface area contributed by atoms with Crippen LogP contribution in [0.2, 0.25) is 0 Å². The minimum atomic E-state index is -1.54. The maximum atomic E-state index is 14.7. The zero-order chi connectivity index (χ0) is 28.6. The number of hydrogen-bond donors (Lipinski definition) is 1. The second-order valence-electron chi connectivity index (χ2n) is 12.3. The van der Waals surface area contributed by atoms with Crippen LogP contribution in [0.4, 0.5) is 0 Å². The number of carbonyl (C=O) groups is 5. The number of imide groups is 1. The molecule has 6 rings (SSSR count). The molecule has 10 nitrogen and oxygen atoms in total. The van der Waals surface area contributed by atoms with Gasteiger partial charge in [-0.2, -0.15) is 0 Å². The predicted molar refractivity (Wildman–Crippen MR) is 144 cm³/mol. The molecule has 0 unspecified atom stereocenters. The molecule has 2 aromatic rings. The van der Waals surface area contributed by atoms with Crippen LogP contribution < -0.4 is 5.32 Å². The van der Waals surface area contributed by atoms with Crippen molar-refractivity contribution in [3.63, 3.8) is 0 Å². The third kappa shape index (κ3) is 3.91. The number of carbonyl (C=O) groups excluding carboxylic acids is 5. The van der Waals surface area contributed by atoms with Gasteiger partial charge in [0.05, 0.1) is 11.8 Å². The first-order valence-electron chi connectivity index (χ1n) is 13.9. The molecule has 4 aliphatic rings. The Morgan fingerprint density at radius 3 is 2.48 bits per heavy atom. The first-order valence-corrected chi connectivity index (χ1v) is 13.9. The summed E-state index contributed by atoms with van der Waals surface area (Å²) in [6, 6.07) is 12.0. The molecule has 4 amide bonds. The Balaban J connectivity index is 1.46. The van der Waals surface area contributed by atoms with Crippen molar-refractivity contribution in [2.75, 3.05) is 13.6 Å². The summed E-state index contributed by atoms with van der Waals surface area (Å²) >= 11 is 0. The fraction of sp³-hybridized carbons (Fsp3) is 0.500. The maximum Gasteiger partial charge on any atom is 0.331 e. The number of amides is 4. The van der Waals surface area contributed by atoms with Gasteiger partial charge in [0.15, 0.2) is 6.04 Å². The highest BCUT2D eigenvalue weighted by atomic mass is 16.6. The summed E-state index contributed by atoms with van der Waals surface area (Å²) in [7, 11) is 1.44. The van der Waals surface area contributed by atoms with E-state index in [2.05, 4.69) is 5.32 Å². The number of likely N-dealkylation sites (tertiary alicyclic amines) is 1. The zero-order valence-electron chi connectivity index (χ0n) is 23.2. The number of benzene rings is 2. The molecule has 0 radical (unpaired) electrons. The molecule has 1 N–H and O–H groups in total. The van der Waals surface area contributed by atoms with Crippen molar-refractivity contribution in [2.24, 2.45) is 11.8 Å². The molecular formula is C30H34N4O6. The summed E-state index contributed by atoms with van der Waals surface area (Å²) in [5.41, 5.74) is -1.55. The van der Waals surface area contributed by atoms with Gasteiger partial charge in [0, 0.05) is 26.1 Å². The van der Waals surface area contributed by atoms with E-state index in [9.17, 15) is 24.0 Å². The Kier molecular flexibility index (Phi) is 6.03. The lowest BCUT2D eigenvalue weighted by molar-refractivity contribution is -0.190. The van der Waals surface area contributed by atoms with Crippen molar-refractivity contribution >= 4 is 40.4 Å². The van der Waals surface area contributed by atoms with Crippen molar-refractivity contribution in [3.05, 3.63) is 48.0 Å². The number of hydrogen-bond acceptors (Lipinski definition) is 7. The average Bonchev–Trinajstić information content (AvgIpc) is 3.35. The molecule has 2 aromatic carbocycles. The highest BCUT2D eigenvalue weighted by Crippen LogP contribution is 2.52. The number of hydrazine groups is 1. The third-order valence-electron chi connectivity index (χ3n) is 8.70. The van der Waals surface area contributed by atoms with Crippen molar-refractivity contribution in [1.82, 2.24) is 20.2 Å². The van der Waals surface area contributed by atoms with E-state index < -0.39 is 52.8 Å². The number of fused-ring (bicyclic) bond motifs is 4. The molecule has 0 aromatic heterocycles. The van der Waals surface area contributed by atoms with Crippen LogP contribution in [0.25, 0.3) is 10.8 Å². The average molecular weight is 547 g/mol. The van der Waals surface area contributed by atoms with Crippen molar-refractivity contribution in [2.45, 2.75) is 69.7 Å². The molecule has 0 aliphatic carbocycles. The Labute approximate surface area is 232 Å². The first kappa shape index (κ1) is 26.4. The van der Waals surface area contributed by atoms with Crippen LogP contribution in [-0.2, 0) is 28.7 Å². The highest BCUT2D eigenvalue weighted by molar-refractivity contribution is 6.10. The number of rotatable bonds is 2. The van der Waals surface area contributed by atoms with E-state index in [-0.39, 0.29) is 31.2 Å². The van der Waals surface area contributed by atoms with Gasteiger partial charge in [-0.3, -0.25) is 34.4 Å². The SMILES string of the molecule is CN1C(=O)[C@H]2[C@@H](c3ccc4ccccc4c3)N[C@]3(CCC(=O)N4CCC[C@@H](C(=O)OC(C)(C)C)N4C3=O)[C@H]2C1=O. The summed E-state index contributed by atoms with van der Waals surface area (Å²) in [4.78, 5) is 69.7. The van der Waals surface area contributed by atoms with Gasteiger partial charge in [0.25, 0.3) is 5.91 Å². The fourth-order valence-electron chi connectivity index (χ4n) is 6.92. The van der Waals surface area contributed by atoms with Gasteiger partial charge >= 0.3 is 5.97 Å². The molecule has 10 heteroatoms. The van der Waals surface area contributed by atoms with Gasteiger partial charge in [0.1, 0.15) is 11.1 Å². The summed E-state index contributed by atoms with van der Waals surface area (Å²) in [6.45, 7) is 5.53. The summed E-state index contributed by atoms with van der Waals surface area (Å²) < 4.78 is 5.65. The van der Waals surface area contributed by atoms with Crippen molar-refractivity contribution < 1.29 is 28.7 Å². The minimum Gasteiger partial charge on any atom is -0.458 e. The van der Waals surface area contributed by atoms with Crippen LogP contribution in [0.5, 0.6) is 0 Å². The quantitative estimate of drug-likeness (QED) is 0.454. The molecule has 4 heterocycles. The molecule has 40 heavy (non-hydrogen) atoms. The number of nitrogens with one attached hydrogen (secondary N) is 1. The van der Waals surface area contributed by atoms with Crippen LogP contribution in [0.3, 0.4) is 0 Å². The van der Waals surface area contributed by atoms with Gasteiger partial charge in [-0.05, 0) is 62.4 Å². The maximum absolute atomic E-state index is 14.7. The molecular weight excluding hydrogens is 512 g/mol. The van der Waals surface area contributed by atoms with E-state index in [4.69, 9.17) is 4.74 Å². The van der Waals surface area contributed by atoms with Crippen LogP contribution in [0.1, 0.15) is 58.1 Å². The normalized spacial score (nSPS) is 30.6. The van der Waals surface area contributed by atoms with Gasteiger partial charge in [-0.1, -0.05) is 36.4 Å². The van der Waals surface area contributed by atoms with Gasteiger partial charge in [0.2, 0.25) is 17.7 Å². The van der Waals surface area contributed by atoms with Gasteiger partial charge in [-0.25, -0.2) is 9.80 Å². The third-order valence-corrected chi connectivity index (χ3v) is 8.70. The van der Waals surface area contributed by atoms with E-state index in [1.165, 1.54) is 17.1 Å². The number of nitrogens with zero attached hydrogens (tertiary/aromatic N) is 3. The second-order valence-corrected chi connectivity index (χ2v) is 12.3. The largest absolute Gasteiger partial charge is 0.458 e. The molecule has 4 fully saturated rings. The predicted octanol–water partition coefficient (Wildman–Crippen LogP) is 2.32. The Bertz CT molecular complexity index is 1450. The summed E-state index contributed by atoms with van der Waals surface area (Å²) in [5, 5.41) is 8.01. The lowest BCUT2D eigenvalue weighted by Crippen LogP contribution is -2.67. The van der Waals surface area contributed by atoms with Crippen LogP contribution in [0.15, 0.2) is 42.5 Å². The highest BCUT2D eigenvalue weighted by Gasteiger charge is 2.69. The Morgan fingerprint density at radius 1 is 1.02 bits per heavy atom. The minimum absolute atomic E-state index is 0.00484. The number of esters is 1. The van der Waals surface area contributed by atoms with Crippen LogP contribution in [-0.4, -0.2) is 75.3 Å². The van der Waals surface area contributed by atoms with E-state index >= 15 is 0 Å². The fourth-order valence-corrected chi connectivity index (χ4v) is 6.92. The monoisotopic (exact) mass is 546 g/mol. The molecule has 0 saturated carbocycles. The zero-order valence-corrected chi connectivity index (χ0v) is 23.2. The Hall–Kier alpha value is -3.79. The van der Waals surface area contributed by atoms with Gasteiger partial charge < -0.3 is 4.74 Å². The summed E-state index contributed by atoms with van der Waals surface area (Å²) in [6.07, 6.45) is 0.896. The molecule has 4 saturated heterocycles. The lowest BCUT2D eigenvalue weighted by Gasteiger charge is -2.45. The van der Waals surface area contributed by atoms with Crippen molar-refractivity contribution in [3.8, 4) is 0 Å². The molecule has 210 valence electrons. The van der Waals surface area contributed by atoms with E-state index in [0.717, 1.165) is 21.2 Å². The topological polar surface area (TPSA) is 116 Å². The Morgan fingerprint density at radius 2 is 1.75 bits per heavy atom. The number of ether oxygens (including phenoxy) is 1. The van der Waals surface area contributed by atoms with Crippen molar-refractivity contribution in [1.29, 1.82) is 0 Å². The second kappa shape index (κ2) is 9.12. The summed E-state index contributed by atoms with van der Waals surface area (Å²) in [5.74, 6) is -4.08. The van der Waals surface area contributed by atoms with E-state index in [0.29, 0.717) is 12.8 Å². The first-order chi connectivity index (χ1) is 18.9. The smallest absolute Gasteiger partial charge is 0.331 e. The lowest BCUT2D eigenvalue weighted by atomic mass is 9.76. The standard InChI is InChI=1S/C30H34N4O6/c1-29(2,3)40-27(38)20-10-7-15-33-21(35)13-14-30(28(39)34(20)33)23-22(25(36)32(4)26(23)37)24(31-30)19-12-11-17-8-5-6-9-18(17)16-19/h5-6,8-9,11-12,16,20,22-24,31H,7,10,13-15H2,1-4H3/t20-,22+,23+,24+,30+/m0/s1. The molecule has 4 aliphatic heterocycles. The van der Waals surface area contributed by atoms with E-state index in [1.807, 2.05) is 42.5 Å². The molecule has 0 bridgehead atoms. The van der Waals surface area contributed by atoms with Crippen LogP contribution >= 0.6 is 0 Å². The molecule has 5 atom stereocenters.